The molecule has 19 heavy (non-hydrogen) atoms. The number of ether oxygens (including phenoxy) is 1. The van der Waals surface area contributed by atoms with E-state index in [-0.39, 0.29) is 17.4 Å². The number of nitrogens with one attached hydrogen (secondary N) is 1. The predicted octanol–water partition coefficient (Wildman–Crippen LogP) is 1.15. The zero-order valence-corrected chi connectivity index (χ0v) is 11.4. The zero-order valence-electron chi connectivity index (χ0n) is 11.4. The standard InChI is InChI=1S/C11H19N5O3/c1-4-19-11-9(16(17)18)10(13-8-14-11)12-6-5-7-15(2)3/h8H,4-7H2,1-3H3,(H,12,13,14). The van der Waals surface area contributed by atoms with Gasteiger partial charge in [-0.15, -0.1) is 0 Å². The minimum atomic E-state index is -0.528. The summed E-state index contributed by atoms with van der Waals surface area (Å²) in [6, 6.07) is 0. The highest BCUT2D eigenvalue weighted by Crippen LogP contribution is 2.30. The van der Waals surface area contributed by atoms with Crippen molar-refractivity contribution in [2.75, 3.05) is 39.1 Å². The Morgan fingerprint density at radius 2 is 2.21 bits per heavy atom. The predicted molar refractivity (Wildman–Crippen MR) is 71.5 cm³/mol. The van der Waals surface area contributed by atoms with Crippen LogP contribution in [0.2, 0.25) is 0 Å². The molecule has 0 radical (unpaired) electrons. The summed E-state index contributed by atoms with van der Waals surface area (Å²) in [6.45, 7) is 3.56. The maximum absolute atomic E-state index is 11.1. The van der Waals surface area contributed by atoms with E-state index in [0.29, 0.717) is 13.2 Å². The van der Waals surface area contributed by atoms with Crippen molar-refractivity contribution in [2.45, 2.75) is 13.3 Å². The van der Waals surface area contributed by atoms with Gasteiger partial charge in [-0.25, -0.2) is 4.98 Å². The van der Waals surface area contributed by atoms with Gasteiger partial charge in [0.05, 0.1) is 11.5 Å². The molecule has 0 saturated carbocycles. The van der Waals surface area contributed by atoms with E-state index in [4.69, 9.17) is 4.74 Å². The van der Waals surface area contributed by atoms with Crippen LogP contribution in [0.1, 0.15) is 13.3 Å². The molecule has 106 valence electrons. The number of nitrogens with zero attached hydrogens (tertiary/aromatic N) is 4. The van der Waals surface area contributed by atoms with E-state index in [1.54, 1.807) is 6.92 Å². The minimum Gasteiger partial charge on any atom is -0.473 e. The van der Waals surface area contributed by atoms with E-state index in [1.807, 2.05) is 19.0 Å². The number of hydrogen-bond acceptors (Lipinski definition) is 7. The Bertz CT molecular complexity index is 425. The van der Waals surface area contributed by atoms with Crippen molar-refractivity contribution < 1.29 is 9.66 Å². The first-order chi connectivity index (χ1) is 9.06. The van der Waals surface area contributed by atoms with E-state index in [9.17, 15) is 10.1 Å². The Morgan fingerprint density at radius 1 is 1.47 bits per heavy atom. The van der Waals surface area contributed by atoms with Gasteiger partial charge in [-0.1, -0.05) is 0 Å². The molecule has 1 aromatic heterocycles. The quantitative estimate of drug-likeness (QED) is 0.429. The van der Waals surface area contributed by atoms with Gasteiger partial charge in [-0.2, -0.15) is 4.98 Å². The van der Waals surface area contributed by atoms with Crippen LogP contribution in [-0.2, 0) is 0 Å². The molecule has 0 spiro atoms. The lowest BCUT2D eigenvalue weighted by Crippen LogP contribution is -2.17. The molecule has 0 atom stereocenters. The van der Waals surface area contributed by atoms with Crippen molar-refractivity contribution in [3.63, 3.8) is 0 Å². The zero-order chi connectivity index (χ0) is 14.3. The third-order valence-corrected chi connectivity index (χ3v) is 2.33. The molecule has 0 amide bonds. The third-order valence-electron chi connectivity index (χ3n) is 2.33. The second-order valence-electron chi connectivity index (χ2n) is 4.15. The third kappa shape index (κ3) is 4.66. The Kier molecular flexibility index (Phi) is 5.94. The van der Waals surface area contributed by atoms with Crippen LogP contribution in [0.25, 0.3) is 0 Å². The van der Waals surface area contributed by atoms with Crippen molar-refractivity contribution in [1.82, 2.24) is 14.9 Å². The minimum absolute atomic E-state index is 0.00221. The van der Waals surface area contributed by atoms with Crippen molar-refractivity contribution in [3.05, 3.63) is 16.4 Å². The van der Waals surface area contributed by atoms with E-state index in [2.05, 4.69) is 15.3 Å². The molecule has 8 heteroatoms. The molecule has 0 aliphatic heterocycles. The largest absolute Gasteiger partial charge is 0.473 e. The molecular weight excluding hydrogens is 250 g/mol. The fraction of sp³-hybridized carbons (Fsp3) is 0.636. The molecule has 0 aliphatic carbocycles. The highest BCUT2D eigenvalue weighted by Gasteiger charge is 2.23. The second-order valence-corrected chi connectivity index (χ2v) is 4.15. The lowest BCUT2D eigenvalue weighted by molar-refractivity contribution is -0.385. The summed E-state index contributed by atoms with van der Waals surface area (Å²) in [6.07, 6.45) is 2.12. The monoisotopic (exact) mass is 269 g/mol. The van der Waals surface area contributed by atoms with Gasteiger partial charge in [0.25, 0.3) is 5.88 Å². The van der Waals surface area contributed by atoms with Crippen molar-refractivity contribution in [3.8, 4) is 5.88 Å². The van der Waals surface area contributed by atoms with Crippen LogP contribution < -0.4 is 10.1 Å². The summed E-state index contributed by atoms with van der Waals surface area (Å²) in [4.78, 5) is 20.3. The second kappa shape index (κ2) is 7.47. The molecule has 0 unspecified atom stereocenters. The molecule has 0 fully saturated rings. The SMILES string of the molecule is CCOc1ncnc(NCCCN(C)C)c1[N+](=O)[O-]. The number of nitro groups is 1. The molecule has 1 aromatic rings. The first-order valence-electron chi connectivity index (χ1n) is 6.07. The smallest absolute Gasteiger partial charge is 0.372 e. The Labute approximate surface area is 112 Å². The lowest BCUT2D eigenvalue weighted by Gasteiger charge is -2.11. The summed E-state index contributed by atoms with van der Waals surface area (Å²) in [7, 11) is 3.95. The molecule has 0 bridgehead atoms. The van der Waals surface area contributed by atoms with E-state index in [1.165, 1.54) is 6.33 Å². The first kappa shape index (κ1) is 15.1. The first-order valence-corrected chi connectivity index (χ1v) is 6.07. The molecule has 0 saturated heterocycles. The van der Waals surface area contributed by atoms with Crippen molar-refractivity contribution >= 4 is 11.5 Å². The summed E-state index contributed by atoms with van der Waals surface area (Å²) < 4.78 is 5.14. The summed E-state index contributed by atoms with van der Waals surface area (Å²) >= 11 is 0. The number of rotatable bonds is 8. The lowest BCUT2D eigenvalue weighted by atomic mass is 10.4. The van der Waals surface area contributed by atoms with E-state index < -0.39 is 4.92 Å². The highest BCUT2D eigenvalue weighted by atomic mass is 16.6. The van der Waals surface area contributed by atoms with Crippen LogP contribution >= 0.6 is 0 Å². The van der Waals surface area contributed by atoms with Crippen LogP contribution in [0.3, 0.4) is 0 Å². The van der Waals surface area contributed by atoms with Crippen LogP contribution in [0.4, 0.5) is 11.5 Å². The normalized spacial score (nSPS) is 10.5. The van der Waals surface area contributed by atoms with E-state index >= 15 is 0 Å². The molecule has 0 aromatic carbocycles. The van der Waals surface area contributed by atoms with Crippen LogP contribution in [-0.4, -0.2) is 53.6 Å². The molecule has 1 N–H and O–H groups in total. The van der Waals surface area contributed by atoms with E-state index in [0.717, 1.165) is 13.0 Å². The van der Waals surface area contributed by atoms with Gasteiger partial charge in [0.2, 0.25) is 5.82 Å². The van der Waals surface area contributed by atoms with Gasteiger partial charge in [0.1, 0.15) is 6.33 Å². The molecule has 0 aliphatic rings. The number of aromatic nitrogens is 2. The number of hydrogen-bond donors (Lipinski definition) is 1. The van der Waals surface area contributed by atoms with Gasteiger partial charge >= 0.3 is 5.69 Å². The van der Waals surface area contributed by atoms with Crippen LogP contribution in [0.15, 0.2) is 6.33 Å². The van der Waals surface area contributed by atoms with Gasteiger partial charge in [0.15, 0.2) is 0 Å². The summed E-state index contributed by atoms with van der Waals surface area (Å²) in [5.74, 6) is 0.194. The van der Waals surface area contributed by atoms with Crippen LogP contribution in [0, 0.1) is 10.1 Å². The van der Waals surface area contributed by atoms with Gasteiger partial charge in [0, 0.05) is 6.54 Å². The van der Waals surface area contributed by atoms with Crippen molar-refractivity contribution in [1.29, 1.82) is 0 Å². The topological polar surface area (TPSA) is 93.4 Å². The molecular formula is C11H19N5O3. The maximum atomic E-state index is 11.1. The fourth-order valence-electron chi connectivity index (χ4n) is 1.50. The number of anilines is 1. The average molecular weight is 269 g/mol. The van der Waals surface area contributed by atoms with Crippen LogP contribution in [0.5, 0.6) is 5.88 Å². The maximum Gasteiger partial charge on any atom is 0.372 e. The van der Waals surface area contributed by atoms with Gasteiger partial charge in [-0.05, 0) is 34.0 Å². The van der Waals surface area contributed by atoms with Crippen molar-refractivity contribution in [2.24, 2.45) is 0 Å². The Morgan fingerprint density at radius 3 is 2.79 bits per heavy atom. The fourth-order valence-corrected chi connectivity index (χ4v) is 1.50. The van der Waals surface area contributed by atoms with Gasteiger partial charge in [-0.3, -0.25) is 10.1 Å². The molecule has 1 rings (SSSR count). The van der Waals surface area contributed by atoms with Gasteiger partial charge < -0.3 is 15.0 Å². The molecule has 8 nitrogen and oxygen atoms in total. The average Bonchev–Trinajstić information content (AvgIpc) is 2.34. The Balaban J connectivity index is 2.76. The summed E-state index contributed by atoms with van der Waals surface area (Å²) in [5, 5.41) is 14.0. The molecule has 1 heterocycles. The summed E-state index contributed by atoms with van der Waals surface area (Å²) in [5.41, 5.74) is -0.214. The Hall–Kier alpha value is -1.96. The highest BCUT2D eigenvalue weighted by molar-refractivity contribution is 5.61.